The smallest absolute Gasteiger partial charge is 0.411 e. The van der Waals surface area contributed by atoms with Crippen molar-refractivity contribution in [2.24, 2.45) is 0 Å². The van der Waals surface area contributed by atoms with Crippen LogP contribution < -0.4 is 9.47 Å². The Hall–Kier alpha value is -3.67. The largest absolute Gasteiger partial charge is 0.497 e. The summed E-state index contributed by atoms with van der Waals surface area (Å²) in [6.07, 6.45) is -12.2. The molecule has 0 atom stereocenters. The van der Waals surface area contributed by atoms with Crippen molar-refractivity contribution in [1.82, 2.24) is 0 Å². The van der Waals surface area contributed by atoms with Crippen LogP contribution in [0.1, 0.15) is 28.4 Å². The molecular weight excluding hydrogens is 610 g/mol. The van der Waals surface area contributed by atoms with E-state index in [1.165, 1.54) is 0 Å². The van der Waals surface area contributed by atoms with E-state index in [1.54, 1.807) is 0 Å². The van der Waals surface area contributed by atoms with Crippen LogP contribution in [0.15, 0.2) is 70.5 Å². The molecule has 222 valence electrons. The van der Waals surface area contributed by atoms with Gasteiger partial charge in [-0.3, -0.25) is 13.9 Å². The van der Waals surface area contributed by atoms with Gasteiger partial charge in [-0.2, -0.15) is 43.2 Å². The molecule has 0 aromatic heterocycles. The van der Waals surface area contributed by atoms with Crippen molar-refractivity contribution in [3.8, 4) is 17.2 Å². The summed E-state index contributed by atoms with van der Waals surface area (Å²) in [6, 6.07) is 5.36. The number of benzene rings is 3. The maximum absolute atomic E-state index is 14.5. The van der Waals surface area contributed by atoms with E-state index < -0.39 is 76.2 Å². The number of methoxy groups -OCH3 is 1. The molecule has 0 radical (unpaired) electrons. The molecule has 0 aliphatic carbocycles. The Bertz CT molecular complexity index is 1680. The summed E-state index contributed by atoms with van der Waals surface area (Å²) in [4.78, 5) is 9.33. The van der Waals surface area contributed by atoms with Crippen molar-refractivity contribution in [3.05, 3.63) is 77.4 Å². The Morgan fingerprint density at radius 2 is 1.27 bits per heavy atom. The van der Waals surface area contributed by atoms with Crippen molar-refractivity contribution in [2.75, 3.05) is 7.11 Å². The lowest BCUT2D eigenvalue weighted by Gasteiger charge is -2.38. The highest BCUT2D eigenvalue weighted by Gasteiger charge is 2.72. The van der Waals surface area contributed by atoms with Crippen LogP contribution in [-0.2, 0) is 25.7 Å². The molecule has 9 nitrogen and oxygen atoms in total. The zero-order chi connectivity index (χ0) is 31.2. The van der Waals surface area contributed by atoms with Crippen LogP contribution in [0.2, 0.25) is 0 Å². The van der Waals surface area contributed by atoms with Gasteiger partial charge in [-0.15, -0.1) is 0 Å². The monoisotopic (exact) mass is 628 g/mol. The second kappa shape index (κ2) is 10.6. The van der Waals surface area contributed by atoms with Crippen molar-refractivity contribution in [2.45, 2.75) is 34.5 Å². The lowest BCUT2D eigenvalue weighted by atomic mass is 9.73. The highest BCUT2D eigenvalue weighted by atomic mass is 32.2. The fourth-order valence-electron chi connectivity index (χ4n) is 3.96. The molecule has 3 aromatic rings. The molecule has 0 heterocycles. The molecule has 0 fully saturated rings. The molecule has 0 saturated heterocycles. The van der Waals surface area contributed by atoms with E-state index in [9.17, 15) is 57.1 Å². The summed E-state index contributed by atoms with van der Waals surface area (Å²) in [6.45, 7) is 0.984. The molecule has 2 N–H and O–H groups in total. The van der Waals surface area contributed by atoms with Gasteiger partial charge in [-0.25, -0.2) is 0 Å². The Balaban J connectivity index is 2.35. The van der Waals surface area contributed by atoms with Gasteiger partial charge in [-0.1, -0.05) is 18.2 Å². The number of alkyl halides is 6. The number of carbonyl (C=O) groups is 1. The maximum Gasteiger partial charge on any atom is 0.411 e. The first kappa shape index (κ1) is 31.9. The van der Waals surface area contributed by atoms with Gasteiger partial charge in [0.1, 0.15) is 22.1 Å². The highest BCUT2D eigenvalue weighted by molar-refractivity contribution is 7.86. The van der Waals surface area contributed by atoms with E-state index in [0.717, 1.165) is 38.3 Å². The molecular formula is C24H18F6O9S2. The lowest BCUT2D eigenvalue weighted by molar-refractivity contribution is -0.288. The summed E-state index contributed by atoms with van der Waals surface area (Å²) in [7, 11) is -9.44. The molecule has 0 amide bonds. The minimum atomic E-state index is -6.11. The summed E-state index contributed by atoms with van der Waals surface area (Å²) >= 11 is 0. The maximum atomic E-state index is 14.5. The van der Waals surface area contributed by atoms with Gasteiger partial charge in [0.15, 0.2) is 5.78 Å². The van der Waals surface area contributed by atoms with E-state index in [4.69, 9.17) is 9.47 Å². The van der Waals surface area contributed by atoms with E-state index in [2.05, 4.69) is 0 Å². The fourth-order valence-corrected chi connectivity index (χ4v) is 5.14. The number of hydrogen-bond acceptors (Lipinski definition) is 7. The van der Waals surface area contributed by atoms with Gasteiger partial charge in [0.2, 0.25) is 5.41 Å². The average molecular weight is 629 g/mol. The standard InChI is InChI=1S/C24H18F6O9S2/c1-13(31)14-9-18(12-19(10-14)40(32,33)34)39-20-8-5-16(11-21(20)41(35,36)37)22(23(25,26)27,24(28,29)30)15-3-6-17(38-2)7-4-15/h3-12H,1-2H3,(H,32,33,34)(H,35,36,37). The Morgan fingerprint density at radius 1 is 0.732 bits per heavy atom. The number of carbonyl (C=O) groups excluding carboxylic acids is 1. The first-order chi connectivity index (χ1) is 18.6. The summed E-state index contributed by atoms with van der Waals surface area (Å²) in [5.41, 5.74) is -8.22. The SMILES string of the molecule is COc1ccc(C(c2ccc(Oc3cc(C(C)=O)cc(S(=O)(=O)O)c3)c(S(=O)(=O)O)c2)(C(F)(F)F)C(F)(F)F)cc1. The van der Waals surface area contributed by atoms with Crippen LogP contribution in [0.4, 0.5) is 26.3 Å². The molecule has 3 rings (SSSR count). The zero-order valence-corrected chi connectivity index (χ0v) is 22.2. The molecule has 0 aliphatic rings. The predicted octanol–water partition coefficient (Wildman–Crippen LogP) is 5.59. The Labute approximate surface area is 228 Å². The molecule has 0 bridgehead atoms. The molecule has 41 heavy (non-hydrogen) atoms. The average Bonchev–Trinajstić information content (AvgIpc) is 2.82. The summed E-state index contributed by atoms with van der Waals surface area (Å²) < 4.78 is 163. The van der Waals surface area contributed by atoms with Crippen LogP contribution in [0.5, 0.6) is 17.2 Å². The normalized spacial score (nSPS) is 13.1. The number of ketones is 1. The third-order valence-corrected chi connectivity index (χ3v) is 7.55. The quantitative estimate of drug-likeness (QED) is 0.185. The van der Waals surface area contributed by atoms with Crippen molar-refractivity contribution < 1.29 is 66.6 Å². The third kappa shape index (κ3) is 6.17. The number of hydrogen-bond donors (Lipinski definition) is 2. The van der Waals surface area contributed by atoms with Gasteiger partial charge in [0.25, 0.3) is 20.2 Å². The molecule has 0 aliphatic heterocycles. The zero-order valence-electron chi connectivity index (χ0n) is 20.6. The molecule has 0 saturated carbocycles. The van der Waals surface area contributed by atoms with Crippen LogP contribution in [0.3, 0.4) is 0 Å². The first-order valence-corrected chi connectivity index (χ1v) is 13.7. The van der Waals surface area contributed by atoms with Crippen LogP contribution in [0.25, 0.3) is 0 Å². The van der Waals surface area contributed by atoms with Crippen LogP contribution >= 0.6 is 0 Å². The van der Waals surface area contributed by atoms with Crippen molar-refractivity contribution in [3.63, 3.8) is 0 Å². The highest BCUT2D eigenvalue weighted by Crippen LogP contribution is 2.57. The lowest BCUT2D eigenvalue weighted by Crippen LogP contribution is -2.54. The van der Waals surface area contributed by atoms with Gasteiger partial charge in [0, 0.05) is 11.6 Å². The topological polar surface area (TPSA) is 144 Å². The molecule has 3 aromatic carbocycles. The van der Waals surface area contributed by atoms with Gasteiger partial charge in [-0.05, 0) is 54.4 Å². The minimum Gasteiger partial charge on any atom is -0.497 e. The van der Waals surface area contributed by atoms with Crippen LogP contribution in [0, 0.1) is 0 Å². The summed E-state index contributed by atoms with van der Waals surface area (Å²) in [5.74, 6) is -2.54. The Morgan fingerprint density at radius 3 is 1.71 bits per heavy atom. The number of ether oxygens (including phenoxy) is 2. The molecule has 17 heteroatoms. The van der Waals surface area contributed by atoms with E-state index >= 15 is 0 Å². The molecule has 0 unspecified atom stereocenters. The van der Waals surface area contributed by atoms with Crippen molar-refractivity contribution >= 4 is 26.0 Å². The second-order valence-electron chi connectivity index (χ2n) is 8.44. The second-order valence-corrected chi connectivity index (χ2v) is 11.2. The van der Waals surface area contributed by atoms with Gasteiger partial charge >= 0.3 is 12.4 Å². The minimum absolute atomic E-state index is 0.0774. The number of rotatable bonds is 8. The number of Topliss-reactive ketones (excluding diaryl/α,β-unsaturated/α-hetero) is 1. The Kier molecular flexibility index (Phi) is 8.25. The fraction of sp³-hybridized carbons (Fsp3) is 0.208. The third-order valence-electron chi connectivity index (χ3n) is 5.84. The van der Waals surface area contributed by atoms with Crippen LogP contribution in [-0.4, -0.2) is 51.2 Å². The van der Waals surface area contributed by atoms with Crippen molar-refractivity contribution in [1.29, 1.82) is 0 Å². The van der Waals surface area contributed by atoms with Gasteiger partial charge in [0.05, 0.1) is 12.0 Å². The summed E-state index contributed by atoms with van der Waals surface area (Å²) in [5, 5.41) is 0. The first-order valence-electron chi connectivity index (χ1n) is 10.8. The molecule has 0 spiro atoms. The van der Waals surface area contributed by atoms with Gasteiger partial charge < -0.3 is 9.47 Å². The van der Waals surface area contributed by atoms with E-state index in [1.807, 2.05) is 0 Å². The van der Waals surface area contributed by atoms with E-state index in [0.29, 0.717) is 24.3 Å². The number of halogens is 6. The van der Waals surface area contributed by atoms with E-state index in [-0.39, 0.29) is 23.4 Å². The predicted molar refractivity (Wildman–Crippen MR) is 128 cm³/mol.